The molecule has 8 heteroatoms. The number of aliphatic hydroxyl groups is 1. The van der Waals surface area contributed by atoms with Crippen molar-refractivity contribution in [2.45, 2.75) is 12.5 Å². The molecule has 156 valence electrons. The van der Waals surface area contributed by atoms with Gasteiger partial charge in [-0.05, 0) is 25.1 Å². The summed E-state index contributed by atoms with van der Waals surface area (Å²) in [5.74, 6) is 0.215. The van der Waals surface area contributed by atoms with Crippen LogP contribution in [0.4, 0.5) is 0 Å². The van der Waals surface area contributed by atoms with Gasteiger partial charge in [0.1, 0.15) is 34.5 Å². The van der Waals surface area contributed by atoms with Gasteiger partial charge in [-0.3, -0.25) is 4.79 Å². The maximum atomic E-state index is 13.3. The molecular formula is C22H20O8. The average molecular weight is 412 g/mol. The topological polar surface area (TPSA) is 119 Å². The second-order valence-electron chi connectivity index (χ2n) is 7.12. The number of hydrogen-bond acceptors (Lipinski definition) is 8. The largest absolute Gasteiger partial charge is 0.507 e. The SMILES string of the molecule is COc1cc(-c2coc3c4c(cc(O)c3c2=O)O[C@@](C)(CO)C=C4)c(OC)cc1O. The van der Waals surface area contributed by atoms with Crippen LogP contribution in [0.15, 0.2) is 39.7 Å². The fraction of sp³-hybridized carbons (Fsp3) is 0.227. The second-order valence-corrected chi connectivity index (χ2v) is 7.12. The van der Waals surface area contributed by atoms with Crippen LogP contribution in [0.1, 0.15) is 12.5 Å². The van der Waals surface area contributed by atoms with Crippen LogP contribution in [0, 0.1) is 0 Å². The van der Waals surface area contributed by atoms with Gasteiger partial charge in [-0.15, -0.1) is 0 Å². The first-order chi connectivity index (χ1) is 14.3. The second kappa shape index (κ2) is 7.00. The molecule has 1 aromatic heterocycles. The van der Waals surface area contributed by atoms with Crippen LogP contribution in [-0.2, 0) is 0 Å². The molecule has 0 unspecified atom stereocenters. The molecule has 0 saturated carbocycles. The van der Waals surface area contributed by atoms with Gasteiger partial charge >= 0.3 is 0 Å². The standard InChI is InChI=1S/C22H20O8/c1-22(10-23)5-4-11-17(30-22)8-15(25)19-20(26)13(9-29-21(11)19)12-6-18(28-3)14(24)7-16(12)27-2/h4-9,23-25H,10H2,1-3H3/t22-/m1/s1. The summed E-state index contributed by atoms with van der Waals surface area (Å²) in [7, 11) is 2.79. The number of aliphatic hydroxyl groups excluding tert-OH is 1. The molecule has 2 heterocycles. The third kappa shape index (κ3) is 2.93. The molecule has 1 aliphatic heterocycles. The van der Waals surface area contributed by atoms with E-state index in [-0.39, 0.29) is 46.1 Å². The maximum absolute atomic E-state index is 13.3. The molecule has 3 N–H and O–H groups in total. The van der Waals surface area contributed by atoms with Crippen LogP contribution in [0.25, 0.3) is 28.2 Å². The third-order valence-corrected chi connectivity index (χ3v) is 5.08. The van der Waals surface area contributed by atoms with Crippen LogP contribution in [-0.4, -0.2) is 41.7 Å². The first-order valence-corrected chi connectivity index (χ1v) is 9.08. The van der Waals surface area contributed by atoms with E-state index in [9.17, 15) is 20.1 Å². The summed E-state index contributed by atoms with van der Waals surface area (Å²) >= 11 is 0. The lowest BCUT2D eigenvalue weighted by Crippen LogP contribution is -2.35. The number of benzene rings is 2. The monoisotopic (exact) mass is 412 g/mol. The maximum Gasteiger partial charge on any atom is 0.204 e. The summed E-state index contributed by atoms with van der Waals surface area (Å²) in [6.45, 7) is 1.44. The lowest BCUT2D eigenvalue weighted by atomic mass is 9.97. The lowest BCUT2D eigenvalue weighted by Gasteiger charge is -2.30. The Morgan fingerprint density at radius 1 is 1.03 bits per heavy atom. The van der Waals surface area contributed by atoms with Crippen molar-refractivity contribution in [3.05, 3.63) is 46.3 Å². The summed E-state index contributed by atoms with van der Waals surface area (Å²) in [5, 5.41) is 30.1. The lowest BCUT2D eigenvalue weighted by molar-refractivity contribution is 0.0640. The molecule has 0 bridgehead atoms. The number of ether oxygens (including phenoxy) is 3. The molecule has 0 fully saturated rings. The van der Waals surface area contributed by atoms with E-state index in [2.05, 4.69) is 0 Å². The van der Waals surface area contributed by atoms with Crippen LogP contribution < -0.4 is 19.6 Å². The van der Waals surface area contributed by atoms with Gasteiger partial charge in [0.25, 0.3) is 0 Å². The number of aromatic hydroxyl groups is 2. The van der Waals surface area contributed by atoms with E-state index in [1.54, 1.807) is 19.1 Å². The van der Waals surface area contributed by atoms with E-state index >= 15 is 0 Å². The van der Waals surface area contributed by atoms with Gasteiger partial charge in [0.15, 0.2) is 17.1 Å². The molecule has 3 aromatic rings. The minimum atomic E-state index is -0.941. The van der Waals surface area contributed by atoms with E-state index in [0.717, 1.165) is 0 Å². The number of fused-ring (bicyclic) bond motifs is 3. The molecule has 30 heavy (non-hydrogen) atoms. The van der Waals surface area contributed by atoms with Crippen LogP contribution in [0.5, 0.6) is 28.7 Å². The first kappa shape index (κ1) is 19.7. The smallest absolute Gasteiger partial charge is 0.204 e. The van der Waals surface area contributed by atoms with Gasteiger partial charge in [-0.2, -0.15) is 0 Å². The molecule has 1 aliphatic rings. The van der Waals surface area contributed by atoms with E-state index in [1.165, 1.54) is 38.7 Å². The molecule has 0 aliphatic carbocycles. The Morgan fingerprint density at radius 3 is 2.43 bits per heavy atom. The predicted octanol–water partition coefficient (Wildman–Crippen LogP) is 3.05. The molecule has 2 aromatic carbocycles. The van der Waals surface area contributed by atoms with Gasteiger partial charge in [0, 0.05) is 17.7 Å². The van der Waals surface area contributed by atoms with E-state index < -0.39 is 11.0 Å². The van der Waals surface area contributed by atoms with Crippen molar-refractivity contribution in [2.75, 3.05) is 20.8 Å². The van der Waals surface area contributed by atoms with Crippen molar-refractivity contribution >= 4 is 17.0 Å². The van der Waals surface area contributed by atoms with Crippen molar-refractivity contribution < 1.29 is 33.9 Å². The Bertz CT molecular complexity index is 1240. The van der Waals surface area contributed by atoms with Crippen molar-refractivity contribution in [3.8, 4) is 39.9 Å². The molecule has 0 amide bonds. The van der Waals surface area contributed by atoms with Crippen LogP contribution in [0.3, 0.4) is 0 Å². The predicted molar refractivity (Wildman–Crippen MR) is 110 cm³/mol. The molecule has 4 rings (SSSR count). The fourth-order valence-corrected chi connectivity index (χ4v) is 3.43. The Hall–Kier alpha value is -3.65. The van der Waals surface area contributed by atoms with Gasteiger partial charge in [0.2, 0.25) is 5.43 Å². The zero-order valence-corrected chi connectivity index (χ0v) is 16.6. The van der Waals surface area contributed by atoms with E-state index in [4.69, 9.17) is 18.6 Å². The van der Waals surface area contributed by atoms with Crippen molar-refractivity contribution in [2.24, 2.45) is 0 Å². The zero-order chi connectivity index (χ0) is 21.6. The Labute approximate surface area is 171 Å². The number of phenols is 2. The normalized spacial score (nSPS) is 17.5. The van der Waals surface area contributed by atoms with Crippen LogP contribution in [0.2, 0.25) is 0 Å². The molecule has 1 atom stereocenters. The van der Waals surface area contributed by atoms with Crippen molar-refractivity contribution in [1.82, 2.24) is 0 Å². The Morgan fingerprint density at radius 2 is 1.77 bits per heavy atom. The number of rotatable bonds is 4. The zero-order valence-electron chi connectivity index (χ0n) is 16.6. The summed E-state index contributed by atoms with van der Waals surface area (Å²) < 4.78 is 21.9. The number of phenolic OH excluding ortho intramolecular Hbond substituents is 2. The highest BCUT2D eigenvalue weighted by molar-refractivity contribution is 5.95. The van der Waals surface area contributed by atoms with Gasteiger partial charge < -0.3 is 33.9 Å². The summed E-state index contributed by atoms with van der Waals surface area (Å²) in [6, 6.07) is 4.11. The van der Waals surface area contributed by atoms with Gasteiger partial charge in [-0.1, -0.05) is 0 Å². The fourth-order valence-electron chi connectivity index (χ4n) is 3.43. The van der Waals surface area contributed by atoms with Crippen molar-refractivity contribution in [1.29, 1.82) is 0 Å². The minimum absolute atomic E-state index is 0.0267. The molecule has 0 radical (unpaired) electrons. The van der Waals surface area contributed by atoms with E-state index in [1.807, 2.05) is 0 Å². The highest BCUT2D eigenvalue weighted by Gasteiger charge is 2.30. The highest BCUT2D eigenvalue weighted by Crippen LogP contribution is 2.42. The highest BCUT2D eigenvalue weighted by atomic mass is 16.5. The average Bonchev–Trinajstić information content (AvgIpc) is 2.73. The minimum Gasteiger partial charge on any atom is -0.507 e. The first-order valence-electron chi connectivity index (χ1n) is 9.08. The molecule has 8 nitrogen and oxygen atoms in total. The number of methoxy groups -OCH3 is 2. The third-order valence-electron chi connectivity index (χ3n) is 5.08. The Balaban J connectivity index is 1.98. The Kier molecular flexibility index (Phi) is 4.58. The molecular weight excluding hydrogens is 392 g/mol. The molecule has 0 saturated heterocycles. The van der Waals surface area contributed by atoms with E-state index in [0.29, 0.717) is 16.9 Å². The van der Waals surface area contributed by atoms with Gasteiger partial charge in [0.05, 0.1) is 32.0 Å². The summed E-state index contributed by atoms with van der Waals surface area (Å²) in [6.07, 6.45) is 4.60. The molecule has 0 spiro atoms. The summed E-state index contributed by atoms with van der Waals surface area (Å²) in [4.78, 5) is 13.3. The van der Waals surface area contributed by atoms with Gasteiger partial charge in [-0.25, -0.2) is 0 Å². The number of hydrogen-bond donors (Lipinski definition) is 3. The van der Waals surface area contributed by atoms with Crippen LogP contribution >= 0.6 is 0 Å². The summed E-state index contributed by atoms with van der Waals surface area (Å²) in [5.41, 5.74) is -0.351. The van der Waals surface area contributed by atoms with Crippen molar-refractivity contribution in [3.63, 3.8) is 0 Å². The quantitative estimate of drug-likeness (QED) is 0.598.